The molecule has 0 atom stereocenters. The number of hydrogen-bond donors (Lipinski definition) is 3. The second-order valence-corrected chi connectivity index (χ2v) is 4.04. The first-order valence-corrected chi connectivity index (χ1v) is 5.20. The van der Waals surface area contributed by atoms with Gasteiger partial charge in [-0.05, 0) is 20.3 Å². The largest absolute Gasteiger partial charge is 0.385 e. The molecule has 0 unspecified atom stereocenters. The van der Waals surface area contributed by atoms with Gasteiger partial charge in [0.25, 0.3) is 0 Å². The van der Waals surface area contributed by atoms with Crippen molar-refractivity contribution in [3.05, 3.63) is 0 Å². The summed E-state index contributed by atoms with van der Waals surface area (Å²) in [6.07, 6.45) is 0.765. The summed E-state index contributed by atoms with van der Waals surface area (Å²) in [7, 11) is 1.61. The van der Waals surface area contributed by atoms with Crippen LogP contribution in [0.1, 0.15) is 20.3 Å². The van der Waals surface area contributed by atoms with E-state index in [4.69, 9.17) is 10.5 Å². The first-order chi connectivity index (χ1) is 7.40. The van der Waals surface area contributed by atoms with E-state index in [0.29, 0.717) is 13.2 Å². The molecular weight excluding hydrogens is 210 g/mol. The van der Waals surface area contributed by atoms with Crippen LogP contribution in [0.4, 0.5) is 0 Å². The zero-order valence-electron chi connectivity index (χ0n) is 10.1. The lowest BCUT2D eigenvalue weighted by Gasteiger charge is -2.21. The van der Waals surface area contributed by atoms with Crippen molar-refractivity contribution in [2.45, 2.75) is 25.8 Å². The Balaban J connectivity index is 3.69. The lowest BCUT2D eigenvalue weighted by molar-refractivity contribution is -0.124. The molecule has 0 aromatic carbocycles. The highest BCUT2D eigenvalue weighted by Crippen LogP contribution is 1.98. The number of rotatable bonds is 8. The predicted molar refractivity (Wildman–Crippen MR) is 60.8 cm³/mol. The summed E-state index contributed by atoms with van der Waals surface area (Å²) < 4.78 is 4.84. The summed E-state index contributed by atoms with van der Waals surface area (Å²) in [5, 5.41) is 5.48. The van der Waals surface area contributed by atoms with Crippen molar-refractivity contribution >= 4 is 11.8 Å². The van der Waals surface area contributed by atoms with Crippen LogP contribution in [0.25, 0.3) is 0 Å². The molecule has 0 fully saturated rings. The van der Waals surface area contributed by atoms with E-state index >= 15 is 0 Å². The first-order valence-electron chi connectivity index (χ1n) is 5.20. The summed E-state index contributed by atoms with van der Waals surface area (Å²) in [6.45, 7) is 4.51. The number of nitrogens with one attached hydrogen (secondary N) is 2. The molecule has 0 rings (SSSR count). The number of primary amides is 1. The highest BCUT2D eigenvalue weighted by molar-refractivity contribution is 5.85. The second-order valence-electron chi connectivity index (χ2n) is 4.04. The molecule has 94 valence electrons. The molecule has 0 aliphatic rings. The molecule has 0 saturated carbocycles. The summed E-state index contributed by atoms with van der Waals surface area (Å²) in [4.78, 5) is 22.3. The second kappa shape index (κ2) is 7.19. The molecule has 0 aliphatic heterocycles. The topological polar surface area (TPSA) is 93.4 Å². The molecule has 0 spiro atoms. The zero-order valence-corrected chi connectivity index (χ0v) is 10.1. The van der Waals surface area contributed by atoms with E-state index in [0.717, 1.165) is 6.42 Å². The van der Waals surface area contributed by atoms with Gasteiger partial charge >= 0.3 is 0 Å². The van der Waals surface area contributed by atoms with Crippen molar-refractivity contribution in [2.24, 2.45) is 5.73 Å². The third-order valence-corrected chi connectivity index (χ3v) is 2.15. The van der Waals surface area contributed by atoms with Crippen LogP contribution in [0.15, 0.2) is 0 Å². The average molecular weight is 231 g/mol. The highest BCUT2D eigenvalue weighted by Gasteiger charge is 2.24. The van der Waals surface area contributed by atoms with Gasteiger partial charge in [-0.2, -0.15) is 0 Å². The number of methoxy groups -OCH3 is 1. The summed E-state index contributed by atoms with van der Waals surface area (Å²) in [5.74, 6) is -0.648. The van der Waals surface area contributed by atoms with Gasteiger partial charge in [0.1, 0.15) is 0 Å². The Morgan fingerprint density at radius 3 is 2.50 bits per heavy atom. The SMILES string of the molecule is COCCCNC(=O)CNC(C)(C)C(N)=O. The summed E-state index contributed by atoms with van der Waals surface area (Å²) >= 11 is 0. The maximum atomic E-state index is 11.3. The highest BCUT2D eigenvalue weighted by atomic mass is 16.5. The number of amides is 2. The minimum atomic E-state index is -0.871. The van der Waals surface area contributed by atoms with E-state index in [1.165, 1.54) is 0 Å². The molecule has 0 bridgehead atoms. The lowest BCUT2D eigenvalue weighted by Crippen LogP contribution is -2.53. The molecule has 6 heteroatoms. The molecule has 0 saturated heterocycles. The van der Waals surface area contributed by atoms with Gasteiger partial charge in [0.15, 0.2) is 0 Å². The van der Waals surface area contributed by atoms with E-state index in [9.17, 15) is 9.59 Å². The number of nitrogens with two attached hydrogens (primary N) is 1. The fourth-order valence-corrected chi connectivity index (χ4v) is 0.895. The summed E-state index contributed by atoms with van der Waals surface area (Å²) in [5.41, 5.74) is 4.28. The van der Waals surface area contributed by atoms with Gasteiger partial charge in [-0.25, -0.2) is 0 Å². The van der Waals surface area contributed by atoms with Crippen LogP contribution >= 0.6 is 0 Å². The Kier molecular flexibility index (Phi) is 6.67. The van der Waals surface area contributed by atoms with Gasteiger partial charge in [0.2, 0.25) is 11.8 Å². The maximum absolute atomic E-state index is 11.3. The molecule has 2 amide bonds. The molecule has 0 aromatic rings. The van der Waals surface area contributed by atoms with Crippen molar-refractivity contribution in [3.63, 3.8) is 0 Å². The van der Waals surface area contributed by atoms with Crippen molar-refractivity contribution in [1.29, 1.82) is 0 Å². The number of carbonyl (C=O) groups is 2. The number of ether oxygens (including phenoxy) is 1. The van der Waals surface area contributed by atoms with Crippen molar-refractivity contribution in [2.75, 3.05) is 26.8 Å². The van der Waals surface area contributed by atoms with Gasteiger partial charge in [-0.3, -0.25) is 14.9 Å². The van der Waals surface area contributed by atoms with E-state index in [1.807, 2.05) is 0 Å². The van der Waals surface area contributed by atoms with Crippen molar-refractivity contribution < 1.29 is 14.3 Å². The van der Waals surface area contributed by atoms with Crippen LogP contribution in [0.5, 0.6) is 0 Å². The third-order valence-electron chi connectivity index (χ3n) is 2.15. The van der Waals surface area contributed by atoms with Crippen LogP contribution in [-0.4, -0.2) is 44.2 Å². The first kappa shape index (κ1) is 14.9. The van der Waals surface area contributed by atoms with Gasteiger partial charge in [0, 0.05) is 20.3 Å². The van der Waals surface area contributed by atoms with Crippen LogP contribution in [-0.2, 0) is 14.3 Å². The predicted octanol–water partition coefficient (Wildman–Crippen LogP) is -1.01. The van der Waals surface area contributed by atoms with E-state index < -0.39 is 11.4 Å². The standard InChI is InChI=1S/C10H21N3O3/c1-10(2,9(11)15)13-7-8(14)12-5-4-6-16-3/h13H,4-7H2,1-3H3,(H2,11,15)(H,12,14). The zero-order chi connectivity index (χ0) is 12.6. The smallest absolute Gasteiger partial charge is 0.237 e. The number of hydrogen-bond acceptors (Lipinski definition) is 4. The monoisotopic (exact) mass is 231 g/mol. The van der Waals surface area contributed by atoms with Crippen LogP contribution in [0, 0.1) is 0 Å². The fourth-order valence-electron chi connectivity index (χ4n) is 0.895. The Morgan fingerprint density at radius 2 is 2.00 bits per heavy atom. The minimum Gasteiger partial charge on any atom is -0.385 e. The van der Waals surface area contributed by atoms with Gasteiger partial charge < -0.3 is 15.8 Å². The molecule has 4 N–H and O–H groups in total. The number of carbonyl (C=O) groups excluding carboxylic acids is 2. The van der Waals surface area contributed by atoms with Gasteiger partial charge in [0.05, 0.1) is 12.1 Å². The van der Waals surface area contributed by atoms with E-state index in [1.54, 1.807) is 21.0 Å². The Bertz CT molecular complexity index is 241. The van der Waals surface area contributed by atoms with Crippen LogP contribution in [0.3, 0.4) is 0 Å². The van der Waals surface area contributed by atoms with Crippen LogP contribution < -0.4 is 16.4 Å². The molecular formula is C10H21N3O3. The quantitative estimate of drug-likeness (QED) is 0.467. The summed E-state index contributed by atoms with van der Waals surface area (Å²) in [6, 6.07) is 0. The average Bonchev–Trinajstić information content (AvgIpc) is 2.21. The third kappa shape index (κ3) is 6.36. The normalized spacial score (nSPS) is 11.2. The molecule has 0 heterocycles. The Hall–Kier alpha value is -1.14. The van der Waals surface area contributed by atoms with E-state index in [2.05, 4.69) is 10.6 Å². The van der Waals surface area contributed by atoms with Crippen molar-refractivity contribution in [3.8, 4) is 0 Å². The maximum Gasteiger partial charge on any atom is 0.237 e. The molecule has 0 aromatic heterocycles. The van der Waals surface area contributed by atoms with Gasteiger partial charge in [-0.15, -0.1) is 0 Å². The molecule has 16 heavy (non-hydrogen) atoms. The molecule has 6 nitrogen and oxygen atoms in total. The fraction of sp³-hybridized carbons (Fsp3) is 0.800. The molecule has 0 radical (unpaired) electrons. The minimum absolute atomic E-state index is 0.0723. The Morgan fingerprint density at radius 1 is 1.38 bits per heavy atom. The van der Waals surface area contributed by atoms with Crippen LogP contribution in [0.2, 0.25) is 0 Å². The lowest BCUT2D eigenvalue weighted by atomic mass is 10.1. The molecule has 0 aliphatic carbocycles. The van der Waals surface area contributed by atoms with E-state index in [-0.39, 0.29) is 12.5 Å². The Labute approximate surface area is 95.9 Å². The van der Waals surface area contributed by atoms with Gasteiger partial charge in [-0.1, -0.05) is 0 Å². The van der Waals surface area contributed by atoms with Crippen molar-refractivity contribution in [1.82, 2.24) is 10.6 Å².